The van der Waals surface area contributed by atoms with Crippen molar-refractivity contribution in [2.75, 3.05) is 19.8 Å². The van der Waals surface area contributed by atoms with E-state index >= 15 is 0 Å². The average molecular weight is 293 g/mol. The number of unbranched alkanes of at least 4 members (excludes halogenated alkanes) is 1. The molecule has 4 fully saturated rings. The number of carbonyl (C=O) groups is 1. The average Bonchev–Trinajstić information content (AvgIpc) is 2.44. The van der Waals surface area contributed by atoms with E-state index in [1.165, 1.54) is 44.9 Å². The molecule has 0 aromatic carbocycles. The first kappa shape index (κ1) is 15.3. The largest absolute Gasteiger partial charge is 0.381 e. The smallest absolute Gasteiger partial charge is 0.226 e. The van der Waals surface area contributed by atoms with Gasteiger partial charge in [-0.25, -0.2) is 0 Å². The minimum atomic E-state index is 0.0117. The molecule has 1 N–H and O–H groups in total. The molecule has 4 rings (SSSR count). The Kier molecular flexibility index (Phi) is 4.88. The first-order chi connectivity index (χ1) is 10.2. The fourth-order valence-corrected chi connectivity index (χ4v) is 5.30. The Morgan fingerprint density at radius 3 is 2.19 bits per heavy atom. The lowest BCUT2D eigenvalue weighted by Gasteiger charge is -2.55. The van der Waals surface area contributed by atoms with Crippen LogP contribution in [0, 0.1) is 23.2 Å². The molecule has 4 aliphatic carbocycles. The molecule has 120 valence electrons. The Morgan fingerprint density at radius 2 is 1.62 bits per heavy atom. The summed E-state index contributed by atoms with van der Waals surface area (Å²) in [6.07, 6.45) is 11.0. The van der Waals surface area contributed by atoms with Crippen molar-refractivity contribution in [1.82, 2.24) is 5.32 Å². The van der Waals surface area contributed by atoms with E-state index in [4.69, 9.17) is 4.74 Å². The van der Waals surface area contributed by atoms with Crippen LogP contribution in [0.3, 0.4) is 0 Å². The molecule has 4 aliphatic rings. The highest BCUT2D eigenvalue weighted by Crippen LogP contribution is 2.60. The van der Waals surface area contributed by atoms with Crippen molar-refractivity contribution in [3.05, 3.63) is 0 Å². The van der Waals surface area contributed by atoms with Crippen LogP contribution < -0.4 is 5.32 Å². The molecule has 3 heteroatoms. The lowest BCUT2D eigenvalue weighted by Crippen LogP contribution is -2.53. The van der Waals surface area contributed by atoms with Gasteiger partial charge in [-0.15, -0.1) is 0 Å². The molecule has 3 nitrogen and oxygen atoms in total. The molecule has 21 heavy (non-hydrogen) atoms. The third-order valence-electron chi connectivity index (χ3n) is 5.91. The van der Waals surface area contributed by atoms with Gasteiger partial charge in [0, 0.05) is 25.2 Å². The summed E-state index contributed by atoms with van der Waals surface area (Å²) >= 11 is 0. The standard InChI is InChI=1S/C18H31NO2/c1-2-3-6-21-7-4-5-19-17(20)18-11-14-8-15(12-18)10-16(9-14)13-18/h14-16H,2-13H2,1H3,(H,19,20). The van der Waals surface area contributed by atoms with Gasteiger partial charge in [0.1, 0.15) is 0 Å². The van der Waals surface area contributed by atoms with Gasteiger partial charge in [0.05, 0.1) is 0 Å². The monoisotopic (exact) mass is 293 g/mol. The molecule has 0 radical (unpaired) electrons. The second-order valence-corrected chi connectivity index (χ2v) is 7.77. The lowest BCUT2D eigenvalue weighted by atomic mass is 9.49. The Morgan fingerprint density at radius 1 is 1.05 bits per heavy atom. The molecule has 4 saturated carbocycles. The van der Waals surface area contributed by atoms with E-state index in [2.05, 4.69) is 12.2 Å². The molecular formula is C18H31NO2. The maximum Gasteiger partial charge on any atom is 0.226 e. The van der Waals surface area contributed by atoms with Crippen LogP contribution in [0.15, 0.2) is 0 Å². The number of hydrogen-bond acceptors (Lipinski definition) is 2. The molecule has 0 unspecified atom stereocenters. The van der Waals surface area contributed by atoms with Crippen molar-refractivity contribution in [3.8, 4) is 0 Å². The van der Waals surface area contributed by atoms with Crippen LogP contribution in [0.5, 0.6) is 0 Å². The zero-order chi connectivity index (χ0) is 14.7. The molecular weight excluding hydrogens is 262 g/mol. The summed E-state index contributed by atoms with van der Waals surface area (Å²) in [5.41, 5.74) is 0.0117. The molecule has 0 heterocycles. The fourth-order valence-electron chi connectivity index (χ4n) is 5.30. The molecule has 0 spiro atoms. The van der Waals surface area contributed by atoms with E-state index in [9.17, 15) is 4.79 Å². The zero-order valence-electron chi connectivity index (χ0n) is 13.5. The van der Waals surface area contributed by atoms with Crippen LogP contribution in [0.1, 0.15) is 64.7 Å². The number of carbonyl (C=O) groups excluding carboxylic acids is 1. The van der Waals surface area contributed by atoms with Gasteiger partial charge in [0.15, 0.2) is 0 Å². The predicted octanol–water partition coefficient (Wildman–Crippen LogP) is 3.53. The van der Waals surface area contributed by atoms with Crippen molar-refractivity contribution < 1.29 is 9.53 Å². The number of amides is 1. The van der Waals surface area contributed by atoms with Gasteiger partial charge in [-0.2, -0.15) is 0 Å². The zero-order valence-corrected chi connectivity index (χ0v) is 13.5. The quantitative estimate of drug-likeness (QED) is 0.695. The van der Waals surface area contributed by atoms with Crippen LogP contribution in [0.25, 0.3) is 0 Å². The third-order valence-corrected chi connectivity index (χ3v) is 5.91. The maximum atomic E-state index is 12.7. The number of rotatable bonds is 8. The summed E-state index contributed by atoms with van der Waals surface area (Å²) in [7, 11) is 0. The van der Waals surface area contributed by atoms with Crippen LogP contribution >= 0.6 is 0 Å². The Balaban J connectivity index is 1.39. The van der Waals surface area contributed by atoms with Gasteiger partial charge in [-0.05, 0) is 69.1 Å². The minimum Gasteiger partial charge on any atom is -0.381 e. The molecule has 0 saturated heterocycles. The molecule has 0 aromatic heterocycles. The van der Waals surface area contributed by atoms with Gasteiger partial charge < -0.3 is 10.1 Å². The number of hydrogen-bond donors (Lipinski definition) is 1. The molecule has 0 aliphatic heterocycles. The van der Waals surface area contributed by atoms with Gasteiger partial charge >= 0.3 is 0 Å². The molecule has 0 atom stereocenters. The highest BCUT2D eigenvalue weighted by molar-refractivity contribution is 5.83. The molecule has 0 aromatic rings. The fraction of sp³-hybridized carbons (Fsp3) is 0.944. The van der Waals surface area contributed by atoms with Crippen LogP contribution in [-0.2, 0) is 9.53 Å². The van der Waals surface area contributed by atoms with Crippen LogP contribution in [-0.4, -0.2) is 25.7 Å². The van der Waals surface area contributed by atoms with E-state index < -0.39 is 0 Å². The first-order valence-electron chi connectivity index (χ1n) is 9.08. The highest BCUT2D eigenvalue weighted by atomic mass is 16.5. The second-order valence-electron chi connectivity index (χ2n) is 7.77. The highest BCUT2D eigenvalue weighted by Gasteiger charge is 2.54. The summed E-state index contributed by atoms with van der Waals surface area (Å²) in [6.45, 7) is 4.60. The summed E-state index contributed by atoms with van der Waals surface area (Å²) in [6, 6.07) is 0. The maximum absolute atomic E-state index is 12.7. The van der Waals surface area contributed by atoms with Gasteiger partial charge in [0.2, 0.25) is 5.91 Å². The topological polar surface area (TPSA) is 38.3 Å². The van der Waals surface area contributed by atoms with E-state index in [-0.39, 0.29) is 5.41 Å². The van der Waals surface area contributed by atoms with Gasteiger partial charge in [0.25, 0.3) is 0 Å². The van der Waals surface area contributed by atoms with Crippen LogP contribution in [0.4, 0.5) is 0 Å². The Bertz CT molecular complexity index is 331. The van der Waals surface area contributed by atoms with E-state index in [0.717, 1.165) is 50.4 Å². The van der Waals surface area contributed by atoms with Crippen molar-refractivity contribution in [2.45, 2.75) is 64.7 Å². The summed E-state index contributed by atoms with van der Waals surface area (Å²) in [4.78, 5) is 12.7. The van der Waals surface area contributed by atoms with Crippen molar-refractivity contribution >= 4 is 5.91 Å². The van der Waals surface area contributed by atoms with E-state index in [1.807, 2.05) is 0 Å². The van der Waals surface area contributed by atoms with E-state index in [1.54, 1.807) is 0 Å². The Hall–Kier alpha value is -0.570. The van der Waals surface area contributed by atoms with Gasteiger partial charge in [-0.3, -0.25) is 4.79 Å². The Labute approximate surface area is 129 Å². The predicted molar refractivity (Wildman–Crippen MR) is 84.0 cm³/mol. The minimum absolute atomic E-state index is 0.0117. The van der Waals surface area contributed by atoms with Crippen LogP contribution in [0.2, 0.25) is 0 Å². The van der Waals surface area contributed by atoms with Crippen molar-refractivity contribution in [1.29, 1.82) is 0 Å². The molecule has 1 amide bonds. The van der Waals surface area contributed by atoms with Crippen molar-refractivity contribution in [3.63, 3.8) is 0 Å². The summed E-state index contributed by atoms with van der Waals surface area (Å²) in [5.74, 6) is 2.90. The second kappa shape index (κ2) is 6.68. The number of nitrogens with one attached hydrogen (secondary N) is 1. The van der Waals surface area contributed by atoms with E-state index in [0.29, 0.717) is 5.91 Å². The summed E-state index contributed by atoms with van der Waals surface area (Å²) in [5, 5.41) is 3.21. The first-order valence-corrected chi connectivity index (χ1v) is 9.08. The third kappa shape index (κ3) is 3.44. The lowest BCUT2D eigenvalue weighted by molar-refractivity contribution is -0.146. The number of ether oxygens (including phenoxy) is 1. The summed E-state index contributed by atoms with van der Waals surface area (Å²) < 4.78 is 5.55. The van der Waals surface area contributed by atoms with Gasteiger partial charge in [-0.1, -0.05) is 13.3 Å². The van der Waals surface area contributed by atoms with Crippen molar-refractivity contribution in [2.24, 2.45) is 23.2 Å². The molecule has 4 bridgehead atoms. The normalized spacial score (nSPS) is 36.9. The SMILES string of the molecule is CCCCOCCCNC(=O)C12CC3CC(CC(C3)C1)C2.